The molecule has 4 aromatic rings. The molecule has 0 aliphatic heterocycles. The molecule has 0 unspecified atom stereocenters. The van der Waals surface area contributed by atoms with E-state index in [9.17, 15) is 4.79 Å². The van der Waals surface area contributed by atoms with E-state index in [1.165, 1.54) is 5.56 Å². The molecule has 0 saturated heterocycles. The van der Waals surface area contributed by atoms with Gasteiger partial charge in [-0.05, 0) is 42.8 Å². The van der Waals surface area contributed by atoms with E-state index in [2.05, 4.69) is 33.5 Å². The van der Waals surface area contributed by atoms with Crippen LogP contribution in [0.4, 0.5) is 0 Å². The van der Waals surface area contributed by atoms with Crippen LogP contribution in [0.5, 0.6) is 0 Å². The minimum atomic E-state index is 0. The van der Waals surface area contributed by atoms with Crippen molar-refractivity contribution in [1.82, 2.24) is 24.4 Å². The first-order valence-electron chi connectivity index (χ1n) is 8.92. The topological polar surface area (TPSA) is 67.6 Å². The summed E-state index contributed by atoms with van der Waals surface area (Å²) in [6.45, 7) is 1.71. The summed E-state index contributed by atoms with van der Waals surface area (Å²) < 4.78 is 3.38. The van der Waals surface area contributed by atoms with Gasteiger partial charge in [0.25, 0.3) is 0 Å². The molecule has 2 heterocycles. The van der Waals surface area contributed by atoms with Gasteiger partial charge in [-0.2, -0.15) is 0 Å². The molecule has 0 fully saturated rings. The van der Waals surface area contributed by atoms with Gasteiger partial charge in [-0.3, -0.25) is 9.13 Å². The summed E-state index contributed by atoms with van der Waals surface area (Å²) in [5, 5.41) is 3.48. The molecule has 28 heavy (non-hydrogen) atoms. The number of fused-ring (bicyclic) bond motifs is 2. The van der Waals surface area contributed by atoms with E-state index < -0.39 is 0 Å². The van der Waals surface area contributed by atoms with Crippen LogP contribution in [0.1, 0.15) is 17.8 Å². The summed E-state index contributed by atoms with van der Waals surface area (Å²) >= 11 is 0. The Labute approximate surface area is 175 Å². The monoisotopic (exact) mass is 421 g/mol. The predicted octanol–water partition coefficient (Wildman–Crippen LogP) is 3.32. The number of hydrogen-bond acceptors (Lipinski definition) is 3. The standard InChI is InChI=1S/C20H23N5O.2ClH/c1-24-17-10-9-14(12-18(17)25(2)20(24)26)13-21-11-5-8-19-22-15-6-3-4-7-16(15)23-19;;/h3-4,6-7,9-10,12,21H,5,8,11,13H2,1-2H3,(H,22,23);2*1H. The molecule has 0 aliphatic rings. The number of nitrogens with one attached hydrogen (secondary N) is 2. The van der Waals surface area contributed by atoms with Crippen molar-refractivity contribution in [3.63, 3.8) is 0 Å². The van der Waals surface area contributed by atoms with Crippen molar-refractivity contribution in [2.24, 2.45) is 14.1 Å². The summed E-state index contributed by atoms with van der Waals surface area (Å²) in [7, 11) is 3.62. The summed E-state index contributed by atoms with van der Waals surface area (Å²) in [5.41, 5.74) is 5.25. The highest BCUT2D eigenvalue weighted by Crippen LogP contribution is 2.14. The van der Waals surface area contributed by atoms with Crippen LogP contribution >= 0.6 is 24.8 Å². The van der Waals surface area contributed by atoms with Crippen molar-refractivity contribution in [3.05, 3.63) is 64.3 Å². The number of imidazole rings is 2. The molecule has 0 spiro atoms. The number of aromatic nitrogens is 4. The van der Waals surface area contributed by atoms with Crippen LogP contribution in [0.3, 0.4) is 0 Å². The third kappa shape index (κ3) is 4.24. The SMILES string of the molecule is Cl.Cl.Cn1c(=O)n(C)c2cc(CNCCCc3nc4ccccc4[nH]3)ccc21. The van der Waals surface area contributed by atoms with Gasteiger partial charge in [0.1, 0.15) is 5.82 Å². The number of aryl methyl sites for hydroxylation is 3. The number of nitrogens with zero attached hydrogens (tertiary/aromatic N) is 3. The van der Waals surface area contributed by atoms with Gasteiger partial charge in [0, 0.05) is 27.1 Å². The second-order valence-electron chi connectivity index (χ2n) is 6.70. The van der Waals surface area contributed by atoms with Crippen molar-refractivity contribution in [2.75, 3.05) is 6.54 Å². The summed E-state index contributed by atoms with van der Waals surface area (Å²) in [5.74, 6) is 1.04. The molecule has 2 aromatic carbocycles. The van der Waals surface area contributed by atoms with E-state index >= 15 is 0 Å². The van der Waals surface area contributed by atoms with Crippen LogP contribution < -0.4 is 11.0 Å². The number of rotatable bonds is 6. The second-order valence-corrected chi connectivity index (χ2v) is 6.70. The molecule has 2 aromatic heterocycles. The Morgan fingerprint density at radius 1 is 1.04 bits per heavy atom. The number of halogens is 2. The van der Waals surface area contributed by atoms with Gasteiger partial charge in [0.2, 0.25) is 0 Å². The van der Waals surface area contributed by atoms with E-state index in [0.29, 0.717) is 0 Å². The lowest BCUT2D eigenvalue weighted by Crippen LogP contribution is -2.19. The summed E-state index contributed by atoms with van der Waals surface area (Å²) in [6.07, 6.45) is 1.94. The maximum atomic E-state index is 12.0. The quantitative estimate of drug-likeness (QED) is 0.469. The lowest BCUT2D eigenvalue weighted by atomic mass is 10.2. The van der Waals surface area contributed by atoms with Gasteiger partial charge in [-0.1, -0.05) is 18.2 Å². The Balaban J connectivity index is 0.00000140. The average Bonchev–Trinajstić information content (AvgIpc) is 3.16. The fraction of sp³-hybridized carbons (Fsp3) is 0.300. The first-order valence-corrected chi connectivity index (χ1v) is 8.92. The average molecular weight is 422 g/mol. The van der Waals surface area contributed by atoms with Crippen LogP contribution in [-0.4, -0.2) is 25.6 Å². The van der Waals surface area contributed by atoms with E-state index in [4.69, 9.17) is 0 Å². The van der Waals surface area contributed by atoms with E-state index in [-0.39, 0.29) is 30.5 Å². The molecule has 150 valence electrons. The van der Waals surface area contributed by atoms with Crippen molar-refractivity contribution < 1.29 is 0 Å². The third-order valence-electron chi connectivity index (χ3n) is 4.87. The molecule has 8 heteroatoms. The normalized spacial score (nSPS) is 10.8. The minimum absolute atomic E-state index is 0. The van der Waals surface area contributed by atoms with Gasteiger partial charge >= 0.3 is 5.69 Å². The molecule has 0 aliphatic carbocycles. The molecular weight excluding hydrogens is 397 g/mol. The van der Waals surface area contributed by atoms with Crippen LogP contribution in [0.25, 0.3) is 22.1 Å². The highest BCUT2D eigenvalue weighted by Gasteiger charge is 2.08. The summed E-state index contributed by atoms with van der Waals surface area (Å²) in [6, 6.07) is 14.3. The zero-order valence-electron chi connectivity index (χ0n) is 15.9. The molecule has 0 radical (unpaired) electrons. The van der Waals surface area contributed by atoms with Gasteiger partial charge < -0.3 is 10.3 Å². The molecule has 0 bridgehead atoms. The molecule has 0 amide bonds. The molecular formula is C20H25Cl2N5O. The Morgan fingerprint density at radius 2 is 1.79 bits per heavy atom. The maximum absolute atomic E-state index is 12.0. The number of benzene rings is 2. The molecule has 0 atom stereocenters. The number of para-hydroxylation sites is 2. The zero-order chi connectivity index (χ0) is 18.1. The first-order chi connectivity index (χ1) is 12.6. The highest BCUT2D eigenvalue weighted by atomic mass is 35.5. The third-order valence-corrected chi connectivity index (χ3v) is 4.87. The molecule has 2 N–H and O–H groups in total. The second kappa shape index (κ2) is 9.28. The maximum Gasteiger partial charge on any atom is 0.328 e. The fourth-order valence-electron chi connectivity index (χ4n) is 3.40. The Hall–Kier alpha value is -2.28. The van der Waals surface area contributed by atoms with E-state index in [0.717, 1.165) is 53.8 Å². The van der Waals surface area contributed by atoms with E-state index in [1.54, 1.807) is 16.2 Å². The van der Waals surface area contributed by atoms with E-state index in [1.807, 2.05) is 31.3 Å². The van der Waals surface area contributed by atoms with Gasteiger partial charge in [0.05, 0.1) is 22.1 Å². The van der Waals surface area contributed by atoms with Crippen molar-refractivity contribution in [1.29, 1.82) is 0 Å². The Bertz CT molecular complexity index is 1100. The fourth-order valence-corrected chi connectivity index (χ4v) is 3.40. The smallest absolute Gasteiger partial charge is 0.328 e. The van der Waals surface area contributed by atoms with Crippen molar-refractivity contribution >= 4 is 46.9 Å². The number of hydrogen-bond donors (Lipinski definition) is 2. The Kier molecular flexibility index (Phi) is 7.29. The largest absolute Gasteiger partial charge is 0.342 e. The lowest BCUT2D eigenvalue weighted by molar-refractivity contribution is 0.642. The van der Waals surface area contributed by atoms with Gasteiger partial charge in [-0.25, -0.2) is 9.78 Å². The highest BCUT2D eigenvalue weighted by molar-refractivity contribution is 5.85. The lowest BCUT2D eigenvalue weighted by Gasteiger charge is -2.05. The minimum Gasteiger partial charge on any atom is -0.342 e. The van der Waals surface area contributed by atoms with Gasteiger partial charge in [-0.15, -0.1) is 24.8 Å². The van der Waals surface area contributed by atoms with Crippen LogP contribution in [-0.2, 0) is 27.1 Å². The number of aromatic amines is 1. The Morgan fingerprint density at radius 3 is 2.57 bits per heavy atom. The zero-order valence-corrected chi connectivity index (χ0v) is 17.6. The van der Waals surface area contributed by atoms with Gasteiger partial charge in [0.15, 0.2) is 0 Å². The molecule has 6 nitrogen and oxygen atoms in total. The first kappa shape index (κ1) is 22.0. The van der Waals surface area contributed by atoms with Crippen LogP contribution in [0.2, 0.25) is 0 Å². The van der Waals surface area contributed by atoms with Crippen molar-refractivity contribution in [2.45, 2.75) is 19.4 Å². The number of H-pyrrole nitrogens is 1. The van der Waals surface area contributed by atoms with Crippen LogP contribution in [0.15, 0.2) is 47.3 Å². The van der Waals surface area contributed by atoms with Crippen LogP contribution in [0, 0.1) is 0 Å². The van der Waals surface area contributed by atoms with Crippen molar-refractivity contribution in [3.8, 4) is 0 Å². The molecule has 4 rings (SSSR count). The summed E-state index contributed by atoms with van der Waals surface area (Å²) in [4.78, 5) is 20.0. The predicted molar refractivity (Wildman–Crippen MR) is 119 cm³/mol. The molecule has 0 saturated carbocycles.